The first-order valence-electron chi connectivity index (χ1n) is 7.01. The first-order chi connectivity index (χ1) is 10.1. The van der Waals surface area contributed by atoms with E-state index in [1.54, 1.807) is 7.11 Å². The summed E-state index contributed by atoms with van der Waals surface area (Å²) in [6.45, 7) is 4.64. The van der Waals surface area contributed by atoms with Crippen LogP contribution in [0.5, 0.6) is 11.5 Å². The van der Waals surface area contributed by atoms with Gasteiger partial charge in [0, 0.05) is 35.6 Å². The number of nitrogen functional groups attached to an aromatic ring is 1. The third kappa shape index (κ3) is 4.31. The van der Waals surface area contributed by atoms with Crippen molar-refractivity contribution >= 4 is 11.4 Å². The molecule has 0 aliphatic rings. The molecular formula is C17H22N2O2. The van der Waals surface area contributed by atoms with Gasteiger partial charge >= 0.3 is 0 Å². The fourth-order valence-electron chi connectivity index (χ4n) is 2.11. The summed E-state index contributed by atoms with van der Waals surface area (Å²) >= 11 is 0. The summed E-state index contributed by atoms with van der Waals surface area (Å²) in [5, 5.41) is 3.35. The molecule has 4 nitrogen and oxygen atoms in total. The number of nitrogens with two attached hydrogens (primary N) is 1. The maximum absolute atomic E-state index is 5.92. The average molecular weight is 286 g/mol. The van der Waals surface area contributed by atoms with Crippen molar-refractivity contribution < 1.29 is 9.47 Å². The van der Waals surface area contributed by atoms with Crippen LogP contribution in [0, 0.1) is 0 Å². The number of nitrogens with one attached hydrogen (secondary N) is 1. The van der Waals surface area contributed by atoms with Crippen molar-refractivity contribution in [2.24, 2.45) is 0 Å². The predicted octanol–water partition coefficient (Wildman–Crippen LogP) is 3.68. The van der Waals surface area contributed by atoms with E-state index in [9.17, 15) is 0 Å². The molecule has 0 unspecified atom stereocenters. The molecule has 0 aliphatic heterocycles. The Morgan fingerprint density at radius 2 is 1.90 bits per heavy atom. The molecule has 3 N–H and O–H groups in total. The van der Waals surface area contributed by atoms with Crippen LogP contribution >= 0.6 is 0 Å². The second kappa shape index (κ2) is 6.88. The smallest absolute Gasteiger partial charge is 0.123 e. The molecule has 2 aromatic carbocycles. The van der Waals surface area contributed by atoms with Crippen LogP contribution in [0.3, 0.4) is 0 Å². The second-order valence-electron chi connectivity index (χ2n) is 5.12. The number of para-hydroxylation sites is 1. The molecule has 112 valence electrons. The van der Waals surface area contributed by atoms with Gasteiger partial charge in [-0.3, -0.25) is 0 Å². The van der Waals surface area contributed by atoms with E-state index >= 15 is 0 Å². The molecule has 0 bridgehead atoms. The van der Waals surface area contributed by atoms with E-state index in [1.165, 1.54) is 0 Å². The topological polar surface area (TPSA) is 56.5 Å². The molecular weight excluding hydrogens is 264 g/mol. The Morgan fingerprint density at radius 3 is 2.62 bits per heavy atom. The molecule has 0 heterocycles. The number of benzene rings is 2. The van der Waals surface area contributed by atoms with Gasteiger partial charge in [0.25, 0.3) is 0 Å². The van der Waals surface area contributed by atoms with Crippen molar-refractivity contribution in [3.8, 4) is 11.5 Å². The maximum atomic E-state index is 5.92. The Labute approximate surface area is 125 Å². The summed E-state index contributed by atoms with van der Waals surface area (Å²) in [5.74, 6) is 1.64. The fraction of sp³-hybridized carbons (Fsp3) is 0.294. The molecule has 0 saturated carbocycles. The first kappa shape index (κ1) is 15.0. The lowest BCUT2D eigenvalue weighted by molar-refractivity contribution is 0.242. The van der Waals surface area contributed by atoms with Crippen LogP contribution in [0.15, 0.2) is 42.5 Å². The van der Waals surface area contributed by atoms with E-state index in [4.69, 9.17) is 15.2 Å². The number of rotatable bonds is 6. The van der Waals surface area contributed by atoms with Gasteiger partial charge in [0.1, 0.15) is 11.5 Å². The number of hydrogen-bond acceptors (Lipinski definition) is 4. The lowest BCUT2D eigenvalue weighted by atomic mass is 10.2. The normalized spacial score (nSPS) is 10.5. The third-order valence-corrected chi connectivity index (χ3v) is 2.98. The molecule has 0 fully saturated rings. The molecule has 0 radical (unpaired) electrons. The first-order valence-corrected chi connectivity index (χ1v) is 7.01. The zero-order valence-corrected chi connectivity index (χ0v) is 12.7. The molecule has 2 aromatic rings. The molecule has 21 heavy (non-hydrogen) atoms. The monoisotopic (exact) mass is 286 g/mol. The van der Waals surface area contributed by atoms with Crippen molar-refractivity contribution in [1.29, 1.82) is 0 Å². The van der Waals surface area contributed by atoms with Gasteiger partial charge in [-0.1, -0.05) is 18.2 Å². The van der Waals surface area contributed by atoms with Crippen molar-refractivity contribution in [2.75, 3.05) is 18.2 Å². The summed E-state index contributed by atoms with van der Waals surface area (Å²) < 4.78 is 11.0. The third-order valence-electron chi connectivity index (χ3n) is 2.98. The molecule has 0 aliphatic carbocycles. The summed E-state index contributed by atoms with van der Waals surface area (Å²) in [4.78, 5) is 0. The highest BCUT2D eigenvalue weighted by Crippen LogP contribution is 2.25. The van der Waals surface area contributed by atoms with E-state index in [2.05, 4.69) is 5.32 Å². The van der Waals surface area contributed by atoms with Crippen LogP contribution in [0.1, 0.15) is 19.4 Å². The Balaban J connectivity index is 2.10. The molecule has 0 aromatic heterocycles. The quantitative estimate of drug-likeness (QED) is 0.795. The molecule has 0 spiro atoms. The number of anilines is 2. The van der Waals surface area contributed by atoms with Crippen molar-refractivity contribution in [1.82, 2.24) is 0 Å². The molecule has 0 saturated heterocycles. The Bertz CT molecular complexity index is 597. The molecule has 0 amide bonds. The zero-order chi connectivity index (χ0) is 15.2. The lowest BCUT2D eigenvalue weighted by Gasteiger charge is -2.14. The van der Waals surface area contributed by atoms with Gasteiger partial charge in [-0.15, -0.1) is 0 Å². The van der Waals surface area contributed by atoms with Gasteiger partial charge in [0.2, 0.25) is 0 Å². The van der Waals surface area contributed by atoms with Crippen LogP contribution < -0.4 is 20.5 Å². The molecule has 0 atom stereocenters. The average Bonchev–Trinajstić information content (AvgIpc) is 2.44. The van der Waals surface area contributed by atoms with E-state index in [-0.39, 0.29) is 6.10 Å². The summed E-state index contributed by atoms with van der Waals surface area (Å²) in [5.41, 5.74) is 8.61. The largest absolute Gasteiger partial charge is 0.496 e. The highest BCUT2D eigenvalue weighted by atomic mass is 16.5. The van der Waals surface area contributed by atoms with Gasteiger partial charge in [-0.2, -0.15) is 0 Å². The number of methoxy groups -OCH3 is 1. The summed E-state index contributed by atoms with van der Waals surface area (Å²) in [6, 6.07) is 13.6. The van der Waals surface area contributed by atoms with Crippen LogP contribution in [0.4, 0.5) is 11.4 Å². The highest BCUT2D eigenvalue weighted by Gasteiger charge is 2.04. The number of hydrogen-bond donors (Lipinski definition) is 2. The Kier molecular flexibility index (Phi) is 4.93. The Morgan fingerprint density at radius 1 is 1.14 bits per heavy atom. The second-order valence-corrected chi connectivity index (χ2v) is 5.12. The zero-order valence-electron chi connectivity index (χ0n) is 12.7. The van der Waals surface area contributed by atoms with Crippen LogP contribution in [-0.4, -0.2) is 13.2 Å². The van der Waals surface area contributed by atoms with Crippen LogP contribution in [0.25, 0.3) is 0 Å². The van der Waals surface area contributed by atoms with E-state index in [1.807, 2.05) is 56.3 Å². The maximum Gasteiger partial charge on any atom is 0.123 e. The highest BCUT2D eigenvalue weighted by molar-refractivity contribution is 5.59. The van der Waals surface area contributed by atoms with Crippen molar-refractivity contribution in [2.45, 2.75) is 26.5 Å². The Hall–Kier alpha value is -2.36. The lowest BCUT2D eigenvalue weighted by Crippen LogP contribution is -2.07. The van der Waals surface area contributed by atoms with E-state index in [0.29, 0.717) is 12.2 Å². The van der Waals surface area contributed by atoms with Gasteiger partial charge in [-0.25, -0.2) is 0 Å². The van der Waals surface area contributed by atoms with Gasteiger partial charge in [0.05, 0.1) is 13.2 Å². The van der Waals surface area contributed by atoms with E-state index < -0.39 is 0 Å². The standard InChI is InChI=1S/C17H22N2O2/c1-12(2)21-16-9-14(18)8-15(10-16)19-11-13-6-4-5-7-17(13)20-3/h4-10,12,19H,11,18H2,1-3H3. The number of ether oxygens (including phenoxy) is 2. The SMILES string of the molecule is COc1ccccc1CNc1cc(N)cc(OC(C)C)c1. The van der Waals surface area contributed by atoms with Gasteiger partial charge in [-0.05, 0) is 26.0 Å². The minimum absolute atomic E-state index is 0.119. The van der Waals surface area contributed by atoms with E-state index in [0.717, 1.165) is 22.7 Å². The van der Waals surface area contributed by atoms with Crippen molar-refractivity contribution in [3.05, 3.63) is 48.0 Å². The van der Waals surface area contributed by atoms with Crippen LogP contribution in [0.2, 0.25) is 0 Å². The minimum atomic E-state index is 0.119. The summed E-state index contributed by atoms with van der Waals surface area (Å²) in [6.07, 6.45) is 0.119. The van der Waals surface area contributed by atoms with Gasteiger partial charge in [0.15, 0.2) is 0 Å². The minimum Gasteiger partial charge on any atom is -0.496 e. The molecule has 2 rings (SSSR count). The van der Waals surface area contributed by atoms with Crippen LogP contribution in [-0.2, 0) is 6.54 Å². The fourth-order valence-corrected chi connectivity index (χ4v) is 2.11. The molecule has 4 heteroatoms. The van der Waals surface area contributed by atoms with Crippen molar-refractivity contribution in [3.63, 3.8) is 0 Å². The predicted molar refractivity (Wildman–Crippen MR) is 86.9 cm³/mol. The summed E-state index contributed by atoms with van der Waals surface area (Å²) in [7, 11) is 1.67. The van der Waals surface area contributed by atoms with Gasteiger partial charge < -0.3 is 20.5 Å².